The molecule has 0 spiro atoms. The minimum Gasteiger partial charge on any atom is -0.313 e. The van der Waals surface area contributed by atoms with Crippen molar-refractivity contribution in [2.45, 2.75) is 52.2 Å². The number of likely N-dealkylation sites (N-methyl/N-ethyl adjacent to an activating group) is 1. The van der Waals surface area contributed by atoms with Crippen LogP contribution in [0.4, 0.5) is 0 Å². The Morgan fingerprint density at radius 1 is 1.16 bits per heavy atom. The summed E-state index contributed by atoms with van der Waals surface area (Å²) in [4.78, 5) is 2.44. The third kappa shape index (κ3) is 5.13. The summed E-state index contributed by atoms with van der Waals surface area (Å²) >= 11 is 5.95. The molecule has 0 saturated carbocycles. The molecule has 0 bridgehead atoms. The van der Waals surface area contributed by atoms with Gasteiger partial charge in [-0.3, -0.25) is 4.90 Å². The van der Waals surface area contributed by atoms with Gasteiger partial charge in [-0.1, -0.05) is 44.5 Å². The van der Waals surface area contributed by atoms with Gasteiger partial charge in [0.1, 0.15) is 0 Å². The molecule has 2 atom stereocenters. The molecule has 2 nitrogen and oxygen atoms in total. The molecular weight excluding hydrogens is 256 g/mol. The molecule has 1 rings (SSSR count). The Morgan fingerprint density at radius 3 is 2.21 bits per heavy atom. The van der Waals surface area contributed by atoms with E-state index in [9.17, 15) is 0 Å². The Labute approximate surface area is 123 Å². The summed E-state index contributed by atoms with van der Waals surface area (Å²) in [7, 11) is 2.20. The van der Waals surface area contributed by atoms with Gasteiger partial charge in [-0.15, -0.1) is 0 Å². The van der Waals surface area contributed by atoms with Crippen molar-refractivity contribution < 1.29 is 0 Å². The molecule has 19 heavy (non-hydrogen) atoms. The number of hydrogen-bond donors (Lipinski definition) is 1. The van der Waals surface area contributed by atoms with E-state index in [0.29, 0.717) is 18.1 Å². The molecular formula is C16H27ClN2. The van der Waals surface area contributed by atoms with Crippen LogP contribution in [0.2, 0.25) is 5.02 Å². The van der Waals surface area contributed by atoms with Crippen molar-refractivity contribution in [2.75, 3.05) is 13.6 Å². The Balaban J connectivity index is 2.67. The van der Waals surface area contributed by atoms with Gasteiger partial charge in [0, 0.05) is 29.7 Å². The highest BCUT2D eigenvalue weighted by Crippen LogP contribution is 2.23. The lowest BCUT2D eigenvalue weighted by Gasteiger charge is -2.33. The molecule has 0 aliphatic carbocycles. The molecule has 1 N–H and O–H groups in total. The van der Waals surface area contributed by atoms with Crippen LogP contribution in [0.15, 0.2) is 24.3 Å². The fraction of sp³-hybridized carbons (Fsp3) is 0.625. The van der Waals surface area contributed by atoms with Gasteiger partial charge in [0.2, 0.25) is 0 Å². The van der Waals surface area contributed by atoms with Crippen LogP contribution in [-0.2, 0) is 0 Å². The number of benzene rings is 1. The normalized spacial score (nSPS) is 14.9. The highest BCUT2D eigenvalue weighted by atomic mass is 35.5. The topological polar surface area (TPSA) is 15.3 Å². The van der Waals surface area contributed by atoms with E-state index >= 15 is 0 Å². The first-order valence-corrected chi connectivity index (χ1v) is 7.54. The van der Waals surface area contributed by atoms with E-state index in [1.165, 1.54) is 5.56 Å². The first-order chi connectivity index (χ1) is 8.95. The number of nitrogens with one attached hydrogen (secondary N) is 1. The highest BCUT2D eigenvalue weighted by molar-refractivity contribution is 6.30. The van der Waals surface area contributed by atoms with E-state index in [1.807, 2.05) is 12.1 Å². The van der Waals surface area contributed by atoms with E-state index in [0.717, 1.165) is 18.0 Å². The zero-order valence-electron chi connectivity index (χ0n) is 12.8. The summed E-state index contributed by atoms with van der Waals surface area (Å²) in [6.07, 6.45) is 1.15. The maximum absolute atomic E-state index is 5.95. The van der Waals surface area contributed by atoms with Crippen LogP contribution in [0.5, 0.6) is 0 Å². The van der Waals surface area contributed by atoms with Gasteiger partial charge in [-0.25, -0.2) is 0 Å². The number of halogens is 1. The summed E-state index contributed by atoms with van der Waals surface area (Å²) in [5.41, 5.74) is 1.31. The molecule has 0 heterocycles. The van der Waals surface area contributed by atoms with E-state index in [1.54, 1.807) is 0 Å². The van der Waals surface area contributed by atoms with Crippen LogP contribution in [-0.4, -0.2) is 30.6 Å². The van der Waals surface area contributed by atoms with Crippen LogP contribution < -0.4 is 5.32 Å². The molecule has 3 heteroatoms. The average molecular weight is 283 g/mol. The molecule has 0 aliphatic rings. The smallest absolute Gasteiger partial charge is 0.0406 e. The lowest BCUT2D eigenvalue weighted by molar-refractivity contribution is 0.173. The summed E-state index contributed by atoms with van der Waals surface area (Å²) in [5, 5.41) is 4.33. The second kappa shape index (κ2) is 7.88. The second-order valence-electron chi connectivity index (χ2n) is 5.52. The Hall–Kier alpha value is -0.570. The van der Waals surface area contributed by atoms with Gasteiger partial charge >= 0.3 is 0 Å². The van der Waals surface area contributed by atoms with Crippen LogP contribution in [0.1, 0.15) is 45.7 Å². The molecule has 0 saturated heterocycles. The van der Waals surface area contributed by atoms with Crippen LogP contribution in [0, 0.1) is 0 Å². The van der Waals surface area contributed by atoms with Crippen LogP contribution >= 0.6 is 11.6 Å². The monoisotopic (exact) mass is 282 g/mol. The molecule has 108 valence electrons. The van der Waals surface area contributed by atoms with Gasteiger partial charge in [-0.2, -0.15) is 0 Å². The van der Waals surface area contributed by atoms with Gasteiger partial charge in [0.05, 0.1) is 0 Å². The quantitative estimate of drug-likeness (QED) is 0.810. The Kier molecular flexibility index (Phi) is 6.84. The van der Waals surface area contributed by atoms with E-state index < -0.39 is 0 Å². The predicted octanol–water partition coefficient (Wildman–Crippen LogP) is 4.11. The molecule has 0 aliphatic heterocycles. The predicted molar refractivity (Wildman–Crippen MR) is 84.8 cm³/mol. The van der Waals surface area contributed by atoms with Gasteiger partial charge in [0.15, 0.2) is 0 Å². The lowest BCUT2D eigenvalue weighted by atomic mass is 10.0. The van der Waals surface area contributed by atoms with E-state index in [4.69, 9.17) is 11.6 Å². The van der Waals surface area contributed by atoms with Crippen molar-refractivity contribution in [3.63, 3.8) is 0 Å². The maximum atomic E-state index is 5.95. The molecule has 1 aromatic rings. The fourth-order valence-corrected chi connectivity index (χ4v) is 2.37. The van der Waals surface area contributed by atoms with Gasteiger partial charge in [-0.05, 0) is 38.1 Å². The minimum absolute atomic E-state index is 0.399. The largest absolute Gasteiger partial charge is 0.313 e. The first kappa shape index (κ1) is 16.5. The lowest BCUT2D eigenvalue weighted by Crippen LogP contribution is -2.42. The van der Waals surface area contributed by atoms with Crippen LogP contribution in [0.3, 0.4) is 0 Å². The van der Waals surface area contributed by atoms with Crippen molar-refractivity contribution in [3.05, 3.63) is 34.9 Å². The van der Waals surface area contributed by atoms with E-state index in [2.05, 4.69) is 57.1 Å². The summed E-state index contributed by atoms with van der Waals surface area (Å²) in [6.45, 7) is 9.91. The zero-order chi connectivity index (χ0) is 14.4. The zero-order valence-corrected chi connectivity index (χ0v) is 13.5. The molecule has 0 amide bonds. The van der Waals surface area contributed by atoms with Crippen molar-refractivity contribution in [3.8, 4) is 0 Å². The Bertz CT molecular complexity index is 362. The molecule has 0 fully saturated rings. The SMILES string of the molecule is CCC(CNC(C)C)N(C)C(C)c1ccc(Cl)cc1. The standard InChI is InChI=1S/C16H27ClN2/c1-6-16(11-18-12(2)3)19(5)13(4)14-7-9-15(17)10-8-14/h7-10,12-13,16,18H,6,11H2,1-5H3. The van der Waals surface area contributed by atoms with Gasteiger partial charge in [0.25, 0.3) is 0 Å². The number of nitrogens with zero attached hydrogens (tertiary/aromatic N) is 1. The number of hydrogen-bond acceptors (Lipinski definition) is 2. The average Bonchev–Trinajstić information content (AvgIpc) is 2.39. The van der Waals surface area contributed by atoms with Crippen molar-refractivity contribution in [1.82, 2.24) is 10.2 Å². The second-order valence-corrected chi connectivity index (χ2v) is 5.95. The Morgan fingerprint density at radius 2 is 1.74 bits per heavy atom. The third-order valence-corrected chi connectivity index (χ3v) is 4.02. The van der Waals surface area contributed by atoms with E-state index in [-0.39, 0.29) is 0 Å². The third-order valence-electron chi connectivity index (χ3n) is 3.77. The summed E-state index contributed by atoms with van der Waals surface area (Å²) in [5.74, 6) is 0. The van der Waals surface area contributed by atoms with Gasteiger partial charge < -0.3 is 5.32 Å². The summed E-state index contributed by atoms with van der Waals surface area (Å²) < 4.78 is 0. The molecule has 0 radical (unpaired) electrons. The summed E-state index contributed by atoms with van der Waals surface area (Å²) in [6, 6.07) is 9.65. The van der Waals surface area contributed by atoms with Crippen molar-refractivity contribution >= 4 is 11.6 Å². The fourth-order valence-electron chi connectivity index (χ4n) is 2.24. The molecule has 1 aromatic carbocycles. The highest BCUT2D eigenvalue weighted by Gasteiger charge is 2.19. The van der Waals surface area contributed by atoms with Crippen molar-refractivity contribution in [2.24, 2.45) is 0 Å². The minimum atomic E-state index is 0.399. The molecule has 0 aromatic heterocycles. The van der Waals surface area contributed by atoms with Crippen molar-refractivity contribution in [1.29, 1.82) is 0 Å². The molecule has 2 unspecified atom stereocenters. The maximum Gasteiger partial charge on any atom is 0.0406 e. The van der Waals surface area contributed by atoms with Crippen LogP contribution in [0.25, 0.3) is 0 Å². The first-order valence-electron chi connectivity index (χ1n) is 7.16. The number of rotatable bonds is 7.